The number of tetrazole rings is 1. The van der Waals surface area contributed by atoms with Gasteiger partial charge in [-0.1, -0.05) is 34.1 Å². The van der Waals surface area contributed by atoms with Crippen molar-refractivity contribution in [3.05, 3.63) is 5.82 Å². The van der Waals surface area contributed by atoms with Crippen molar-refractivity contribution in [1.82, 2.24) is 25.5 Å². The van der Waals surface area contributed by atoms with Gasteiger partial charge in [-0.05, 0) is 47.6 Å². The Morgan fingerprint density at radius 3 is 2.89 bits per heavy atom. The first-order valence-corrected chi connectivity index (χ1v) is 7.45. The number of nitrogens with one attached hydrogen (secondary N) is 1. The summed E-state index contributed by atoms with van der Waals surface area (Å²) in [5, 5.41) is 15.7. The molecule has 1 aliphatic carbocycles. The highest BCUT2D eigenvalue weighted by atomic mass is 15.6. The van der Waals surface area contributed by atoms with Crippen LogP contribution in [0.25, 0.3) is 0 Å². The fourth-order valence-corrected chi connectivity index (χ4v) is 2.95. The van der Waals surface area contributed by atoms with E-state index in [2.05, 4.69) is 48.5 Å². The van der Waals surface area contributed by atoms with Crippen LogP contribution in [-0.2, 0) is 6.54 Å². The van der Waals surface area contributed by atoms with Crippen molar-refractivity contribution >= 4 is 0 Å². The molecule has 0 amide bonds. The molecule has 108 valence electrons. The van der Waals surface area contributed by atoms with Gasteiger partial charge in [-0.15, -0.1) is 5.10 Å². The molecule has 1 N–H and O–H groups in total. The summed E-state index contributed by atoms with van der Waals surface area (Å²) in [5.41, 5.74) is 0.414. The Kier molecular flexibility index (Phi) is 4.55. The predicted molar refractivity (Wildman–Crippen MR) is 75.6 cm³/mol. The van der Waals surface area contributed by atoms with Gasteiger partial charge in [-0.2, -0.15) is 0 Å². The molecule has 1 heterocycles. The molecule has 19 heavy (non-hydrogen) atoms. The molecule has 1 aromatic heterocycles. The van der Waals surface area contributed by atoms with E-state index in [1.54, 1.807) is 0 Å². The first kappa shape index (κ1) is 14.4. The van der Waals surface area contributed by atoms with Crippen molar-refractivity contribution in [1.29, 1.82) is 0 Å². The Hall–Kier alpha value is -0.970. The van der Waals surface area contributed by atoms with Crippen LogP contribution in [0, 0.1) is 11.3 Å². The number of hydrogen-bond acceptors (Lipinski definition) is 4. The van der Waals surface area contributed by atoms with Crippen LogP contribution in [0.15, 0.2) is 0 Å². The second-order valence-corrected chi connectivity index (χ2v) is 6.98. The molecule has 0 spiro atoms. The van der Waals surface area contributed by atoms with Gasteiger partial charge in [-0.25, -0.2) is 4.68 Å². The predicted octanol–water partition coefficient (Wildman–Crippen LogP) is 2.56. The van der Waals surface area contributed by atoms with Crippen molar-refractivity contribution in [3.8, 4) is 0 Å². The lowest BCUT2D eigenvalue weighted by molar-refractivity contribution is 0.170. The van der Waals surface area contributed by atoms with E-state index in [1.807, 2.05) is 4.68 Å². The molecule has 1 fully saturated rings. The van der Waals surface area contributed by atoms with Gasteiger partial charge in [0, 0.05) is 0 Å². The second kappa shape index (κ2) is 5.99. The highest BCUT2D eigenvalue weighted by Crippen LogP contribution is 2.40. The van der Waals surface area contributed by atoms with Gasteiger partial charge >= 0.3 is 0 Å². The Morgan fingerprint density at radius 1 is 1.42 bits per heavy atom. The lowest BCUT2D eigenvalue weighted by atomic mass is 9.75. The minimum absolute atomic E-state index is 0.414. The van der Waals surface area contributed by atoms with Crippen LogP contribution in [0.5, 0.6) is 0 Å². The minimum Gasteiger partial charge on any atom is -0.310 e. The van der Waals surface area contributed by atoms with Gasteiger partial charge in [0.15, 0.2) is 5.82 Å². The molecule has 5 heteroatoms. The number of hydrogen-bond donors (Lipinski definition) is 1. The van der Waals surface area contributed by atoms with Crippen molar-refractivity contribution in [2.75, 3.05) is 6.54 Å². The summed E-state index contributed by atoms with van der Waals surface area (Å²) in [6.45, 7) is 10.9. The number of aromatic nitrogens is 4. The van der Waals surface area contributed by atoms with Crippen molar-refractivity contribution < 1.29 is 0 Å². The fraction of sp³-hybridized carbons (Fsp3) is 0.929. The second-order valence-electron chi connectivity index (χ2n) is 6.98. The topological polar surface area (TPSA) is 55.6 Å². The third-order valence-corrected chi connectivity index (χ3v) is 3.92. The molecule has 1 saturated carbocycles. The van der Waals surface area contributed by atoms with Crippen LogP contribution < -0.4 is 5.32 Å². The Labute approximate surface area is 116 Å². The SMILES string of the molecule is CC(C)CNCc1nnnn1C1CCCC(C)(C)C1. The molecular weight excluding hydrogens is 238 g/mol. The largest absolute Gasteiger partial charge is 0.310 e. The zero-order valence-corrected chi connectivity index (χ0v) is 12.7. The molecule has 1 unspecified atom stereocenters. The first-order chi connectivity index (χ1) is 8.98. The molecule has 0 aromatic carbocycles. The number of rotatable bonds is 5. The quantitative estimate of drug-likeness (QED) is 0.889. The number of nitrogens with zero attached hydrogens (tertiary/aromatic N) is 4. The van der Waals surface area contributed by atoms with E-state index in [1.165, 1.54) is 25.7 Å². The molecule has 5 nitrogen and oxygen atoms in total. The maximum atomic E-state index is 4.22. The highest BCUT2D eigenvalue weighted by Gasteiger charge is 2.30. The highest BCUT2D eigenvalue weighted by molar-refractivity contribution is 4.89. The summed E-state index contributed by atoms with van der Waals surface area (Å²) in [6, 6.07) is 0.467. The molecule has 2 rings (SSSR count). The van der Waals surface area contributed by atoms with E-state index < -0.39 is 0 Å². The zero-order valence-electron chi connectivity index (χ0n) is 12.7. The molecule has 0 aliphatic heterocycles. The maximum Gasteiger partial charge on any atom is 0.165 e. The standard InChI is InChI=1S/C14H27N5/c1-11(2)9-15-10-13-16-17-18-19(13)12-6-5-7-14(3,4)8-12/h11-12,15H,5-10H2,1-4H3. The Bertz CT molecular complexity index is 396. The van der Waals surface area contributed by atoms with E-state index in [0.717, 1.165) is 18.9 Å². The van der Waals surface area contributed by atoms with Gasteiger partial charge in [0.05, 0.1) is 12.6 Å². The van der Waals surface area contributed by atoms with Crippen molar-refractivity contribution in [3.63, 3.8) is 0 Å². The van der Waals surface area contributed by atoms with Gasteiger partial charge in [-0.3, -0.25) is 0 Å². The summed E-state index contributed by atoms with van der Waals surface area (Å²) >= 11 is 0. The third kappa shape index (κ3) is 4.00. The monoisotopic (exact) mass is 265 g/mol. The van der Waals surface area contributed by atoms with E-state index >= 15 is 0 Å². The summed E-state index contributed by atoms with van der Waals surface area (Å²) in [7, 11) is 0. The molecule has 1 aromatic rings. The van der Waals surface area contributed by atoms with Crippen molar-refractivity contribution in [2.45, 2.75) is 66.0 Å². The summed E-state index contributed by atoms with van der Waals surface area (Å²) in [6.07, 6.45) is 4.96. The van der Waals surface area contributed by atoms with Gasteiger partial charge in [0.25, 0.3) is 0 Å². The third-order valence-electron chi connectivity index (χ3n) is 3.92. The van der Waals surface area contributed by atoms with Gasteiger partial charge in [0.1, 0.15) is 0 Å². The lowest BCUT2D eigenvalue weighted by Gasteiger charge is -2.35. The Balaban J connectivity index is 1.98. The molecule has 1 aliphatic rings. The van der Waals surface area contributed by atoms with E-state index in [-0.39, 0.29) is 0 Å². The molecular formula is C14H27N5. The van der Waals surface area contributed by atoms with E-state index in [9.17, 15) is 0 Å². The van der Waals surface area contributed by atoms with E-state index in [4.69, 9.17) is 0 Å². The summed E-state index contributed by atoms with van der Waals surface area (Å²) in [4.78, 5) is 0. The van der Waals surface area contributed by atoms with Crippen LogP contribution >= 0.6 is 0 Å². The van der Waals surface area contributed by atoms with Gasteiger partial charge < -0.3 is 5.32 Å². The molecule has 1 atom stereocenters. The minimum atomic E-state index is 0.414. The van der Waals surface area contributed by atoms with Crippen LogP contribution in [0.1, 0.15) is 65.2 Å². The van der Waals surface area contributed by atoms with Gasteiger partial charge in [0.2, 0.25) is 0 Å². The molecule has 0 bridgehead atoms. The average molecular weight is 265 g/mol. The smallest absolute Gasteiger partial charge is 0.165 e. The van der Waals surface area contributed by atoms with Crippen LogP contribution in [0.2, 0.25) is 0 Å². The van der Waals surface area contributed by atoms with Crippen LogP contribution in [-0.4, -0.2) is 26.8 Å². The molecule has 0 radical (unpaired) electrons. The van der Waals surface area contributed by atoms with E-state index in [0.29, 0.717) is 17.4 Å². The average Bonchev–Trinajstić information content (AvgIpc) is 2.75. The first-order valence-electron chi connectivity index (χ1n) is 7.45. The fourth-order valence-electron chi connectivity index (χ4n) is 2.95. The van der Waals surface area contributed by atoms with Crippen molar-refractivity contribution in [2.24, 2.45) is 11.3 Å². The van der Waals surface area contributed by atoms with Crippen LogP contribution in [0.4, 0.5) is 0 Å². The maximum absolute atomic E-state index is 4.22. The summed E-state index contributed by atoms with van der Waals surface area (Å²) < 4.78 is 2.05. The zero-order chi connectivity index (χ0) is 13.9. The normalized spacial score (nSPS) is 22.9. The lowest BCUT2D eigenvalue weighted by Crippen LogP contribution is -2.28. The Morgan fingerprint density at radius 2 is 2.21 bits per heavy atom. The van der Waals surface area contributed by atoms with Crippen LogP contribution in [0.3, 0.4) is 0 Å². The molecule has 0 saturated heterocycles. The summed E-state index contributed by atoms with van der Waals surface area (Å²) in [5.74, 6) is 1.63.